The molecule has 0 aromatic heterocycles. The summed E-state index contributed by atoms with van der Waals surface area (Å²) in [7, 11) is 0. The van der Waals surface area contributed by atoms with E-state index < -0.39 is 0 Å². The lowest BCUT2D eigenvalue weighted by Gasteiger charge is -2.13. The summed E-state index contributed by atoms with van der Waals surface area (Å²) in [6, 6.07) is 14.8. The Kier molecular flexibility index (Phi) is 7.87. The fraction of sp³-hybridized carbons (Fsp3) is 0.364. The summed E-state index contributed by atoms with van der Waals surface area (Å²) < 4.78 is 0. The maximum atomic E-state index is 10.7. The summed E-state index contributed by atoms with van der Waals surface area (Å²) in [6.07, 6.45) is 8.97. The van der Waals surface area contributed by atoms with E-state index in [9.17, 15) is 10.1 Å². The van der Waals surface area contributed by atoms with Gasteiger partial charge in [0.15, 0.2) is 0 Å². The van der Waals surface area contributed by atoms with Crippen LogP contribution >= 0.6 is 0 Å². The topological polar surface area (TPSA) is 55.2 Å². The lowest BCUT2D eigenvalue weighted by atomic mass is 9.98. The summed E-state index contributed by atoms with van der Waals surface area (Å²) in [4.78, 5) is 10.3. The molecule has 4 nitrogen and oxygen atoms in total. The van der Waals surface area contributed by atoms with Gasteiger partial charge in [0.25, 0.3) is 5.69 Å². The second-order valence-corrected chi connectivity index (χ2v) is 6.52. The van der Waals surface area contributed by atoms with Crippen molar-refractivity contribution in [1.82, 2.24) is 0 Å². The minimum absolute atomic E-state index is 0.113. The smallest absolute Gasteiger partial charge is 0.269 e. The normalized spacial score (nSPS) is 11.2. The van der Waals surface area contributed by atoms with Gasteiger partial charge in [0, 0.05) is 24.4 Å². The second kappa shape index (κ2) is 10.4. The van der Waals surface area contributed by atoms with E-state index in [1.165, 1.54) is 37.8 Å². The zero-order valence-corrected chi connectivity index (χ0v) is 15.7. The van der Waals surface area contributed by atoms with Crippen molar-refractivity contribution < 1.29 is 4.92 Å². The van der Waals surface area contributed by atoms with Gasteiger partial charge < -0.3 is 5.32 Å². The number of nitrogens with zero attached hydrogens (tertiary/aromatic N) is 1. The summed E-state index contributed by atoms with van der Waals surface area (Å²) in [6.45, 7) is 5.50. The van der Waals surface area contributed by atoms with Gasteiger partial charge in [-0.15, -0.1) is 0 Å². The van der Waals surface area contributed by atoms with Gasteiger partial charge in [-0.2, -0.15) is 0 Å². The molecule has 0 bridgehead atoms. The van der Waals surface area contributed by atoms with Crippen LogP contribution in [0.4, 0.5) is 11.4 Å². The molecule has 0 unspecified atom stereocenters. The highest BCUT2D eigenvalue weighted by molar-refractivity contribution is 5.76. The van der Waals surface area contributed by atoms with E-state index in [-0.39, 0.29) is 10.6 Å². The third-order valence-electron chi connectivity index (χ3n) is 4.78. The van der Waals surface area contributed by atoms with Crippen LogP contribution in [-0.4, -0.2) is 11.5 Å². The lowest BCUT2D eigenvalue weighted by molar-refractivity contribution is -0.384. The van der Waals surface area contributed by atoms with E-state index in [2.05, 4.69) is 31.3 Å². The van der Waals surface area contributed by atoms with Crippen molar-refractivity contribution in [2.45, 2.75) is 39.5 Å². The molecule has 2 rings (SSSR count). The molecule has 0 radical (unpaired) electrons. The predicted molar refractivity (Wildman–Crippen MR) is 110 cm³/mol. The molecule has 0 fully saturated rings. The van der Waals surface area contributed by atoms with E-state index in [1.807, 2.05) is 24.3 Å². The molecule has 0 aliphatic rings. The monoisotopic (exact) mass is 352 g/mol. The summed E-state index contributed by atoms with van der Waals surface area (Å²) in [5, 5.41) is 14.3. The van der Waals surface area contributed by atoms with Gasteiger partial charge in [-0.1, -0.05) is 57.0 Å². The van der Waals surface area contributed by atoms with Crippen molar-refractivity contribution in [3.05, 3.63) is 69.8 Å². The second-order valence-electron chi connectivity index (χ2n) is 6.52. The van der Waals surface area contributed by atoms with E-state index in [0.29, 0.717) is 0 Å². The molecule has 0 heterocycles. The standard InChI is InChI=1S/C22H28N2O2/c1-3-18(4-2)8-7-17-23-22-10-6-5-9-20(22)14-11-19-12-15-21(16-13-19)24(25)26/h5-6,9-16,18,23H,3-4,7-8,17H2,1-2H3. The summed E-state index contributed by atoms with van der Waals surface area (Å²) in [5.41, 5.74) is 3.30. The first-order chi connectivity index (χ1) is 12.6. The fourth-order valence-corrected chi connectivity index (χ4v) is 3.01. The Hall–Kier alpha value is -2.62. The van der Waals surface area contributed by atoms with Gasteiger partial charge in [0.1, 0.15) is 0 Å². The Morgan fingerprint density at radius 1 is 1.04 bits per heavy atom. The van der Waals surface area contributed by atoms with Crippen LogP contribution in [0.15, 0.2) is 48.5 Å². The molecule has 0 spiro atoms. The molecule has 2 aromatic rings. The van der Waals surface area contributed by atoms with Crippen LogP contribution < -0.4 is 5.32 Å². The van der Waals surface area contributed by atoms with Crippen LogP contribution in [-0.2, 0) is 0 Å². The van der Waals surface area contributed by atoms with Crippen molar-refractivity contribution in [1.29, 1.82) is 0 Å². The maximum Gasteiger partial charge on any atom is 0.269 e. The van der Waals surface area contributed by atoms with Gasteiger partial charge >= 0.3 is 0 Å². The van der Waals surface area contributed by atoms with Crippen LogP contribution in [0.5, 0.6) is 0 Å². The molecule has 2 aromatic carbocycles. The minimum Gasteiger partial charge on any atom is -0.385 e. The first kappa shape index (κ1) is 19.7. The molecule has 1 N–H and O–H groups in total. The van der Waals surface area contributed by atoms with Crippen LogP contribution in [0.25, 0.3) is 12.2 Å². The predicted octanol–water partition coefficient (Wildman–Crippen LogP) is 6.39. The first-order valence-corrected chi connectivity index (χ1v) is 9.39. The van der Waals surface area contributed by atoms with Crippen LogP contribution in [0.2, 0.25) is 0 Å². The highest BCUT2D eigenvalue weighted by Gasteiger charge is 2.04. The average molecular weight is 352 g/mol. The number of nitrogens with one attached hydrogen (secondary N) is 1. The zero-order valence-electron chi connectivity index (χ0n) is 15.7. The highest BCUT2D eigenvalue weighted by Crippen LogP contribution is 2.20. The number of nitro groups is 1. The van der Waals surface area contributed by atoms with E-state index >= 15 is 0 Å². The zero-order chi connectivity index (χ0) is 18.8. The van der Waals surface area contributed by atoms with Crippen molar-refractivity contribution in [3.8, 4) is 0 Å². The lowest BCUT2D eigenvalue weighted by Crippen LogP contribution is -2.06. The van der Waals surface area contributed by atoms with Crippen molar-refractivity contribution in [2.24, 2.45) is 5.92 Å². The molecular formula is C22H28N2O2. The van der Waals surface area contributed by atoms with Crippen molar-refractivity contribution >= 4 is 23.5 Å². The molecule has 138 valence electrons. The number of rotatable bonds is 10. The van der Waals surface area contributed by atoms with Crippen molar-refractivity contribution in [3.63, 3.8) is 0 Å². The maximum absolute atomic E-state index is 10.7. The average Bonchev–Trinajstić information content (AvgIpc) is 2.67. The van der Waals surface area contributed by atoms with Gasteiger partial charge in [-0.05, 0) is 48.1 Å². The third kappa shape index (κ3) is 6.03. The van der Waals surface area contributed by atoms with Gasteiger partial charge in [0.05, 0.1) is 4.92 Å². The summed E-state index contributed by atoms with van der Waals surface area (Å²) >= 11 is 0. The number of benzene rings is 2. The van der Waals surface area contributed by atoms with Crippen LogP contribution in [0, 0.1) is 16.0 Å². The highest BCUT2D eigenvalue weighted by atomic mass is 16.6. The fourth-order valence-electron chi connectivity index (χ4n) is 3.01. The van der Waals surface area contributed by atoms with Gasteiger partial charge in [-0.3, -0.25) is 10.1 Å². The van der Waals surface area contributed by atoms with Gasteiger partial charge in [-0.25, -0.2) is 0 Å². The van der Waals surface area contributed by atoms with E-state index in [4.69, 9.17) is 0 Å². The SMILES string of the molecule is CCC(CC)CCCNc1ccccc1C=Cc1ccc([N+](=O)[O-])cc1. The molecule has 0 saturated heterocycles. The number of anilines is 1. The third-order valence-corrected chi connectivity index (χ3v) is 4.78. The Bertz CT molecular complexity index is 719. The Morgan fingerprint density at radius 3 is 2.38 bits per heavy atom. The quantitative estimate of drug-likeness (QED) is 0.233. The number of para-hydroxylation sites is 1. The number of hydrogen-bond acceptors (Lipinski definition) is 3. The largest absolute Gasteiger partial charge is 0.385 e. The molecule has 4 heteroatoms. The molecule has 0 saturated carbocycles. The van der Waals surface area contributed by atoms with Crippen molar-refractivity contribution in [2.75, 3.05) is 11.9 Å². The number of nitro benzene ring substituents is 1. The molecule has 26 heavy (non-hydrogen) atoms. The van der Waals surface area contributed by atoms with Crippen LogP contribution in [0.1, 0.15) is 50.7 Å². The first-order valence-electron chi connectivity index (χ1n) is 9.39. The molecule has 0 atom stereocenters. The summed E-state index contributed by atoms with van der Waals surface area (Å²) in [5.74, 6) is 0.828. The van der Waals surface area contributed by atoms with Gasteiger partial charge in [0.2, 0.25) is 0 Å². The van der Waals surface area contributed by atoms with Crippen LogP contribution in [0.3, 0.4) is 0 Å². The Morgan fingerprint density at radius 2 is 1.73 bits per heavy atom. The number of non-ortho nitro benzene ring substituents is 1. The Balaban J connectivity index is 1.96. The minimum atomic E-state index is -0.381. The Labute approximate surface area is 156 Å². The molecule has 0 aliphatic heterocycles. The number of hydrogen-bond donors (Lipinski definition) is 1. The molecule has 0 amide bonds. The van der Waals surface area contributed by atoms with E-state index in [1.54, 1.807) is 12.1 Å². The molecular weight excluding hydrogens is 324 g/mol. The molecule has 0 aliphatic carbocycles. The van der Waals surface area contributed by atoms with E-state index in [0.717, 1.165) is 29.3 Å².